The summed E-state index contributed by atoms with van der Waals surface area (Å²) in [6.45, 7) is 0. The molecule has 88 valence electrons. The lowest BCUT2D eigenvalue weighted by molar-refractivity contribution is -0.147. The second kappa shape index (κ2) is 3.56. The van der Waals surface area contributed by atoms with Gasteiger partial charge in [0, 0.05) is 16.9 Å². The van der Waals surface area contributed by atoms with E-state index in [-0.39, 0.29) is 23.7 Å². The number of carbonyl (C=O) groups is 2. The van der Waals surface area contributed by atoms with Gasteiger partial charge < -0.3 is 0 Å². The Bertz CT molecular complexity index is 516. The average Bonchev–Trinajstić information content (AvgIpc) is 2.26. The van der Waals surface area contributed by atoms with Crippen LogP contribution in [0.15, 0.2) is 24.3 Å². The second-order valence-corrected chi connectivity index (χ2v) is 6.37. The van der Waals surface area contributed by atoms with Crippen LogP contribution in [0.4, 0.5) is 0 Å². The van der Waals surface area contributed by atoms with Crippen LogP contribution < -0.4 is 5.32 Å². The van der Waals surface area contributed by atoms with E-state index in [0.29, 0.717) is 11.4 Å². The molecule has 1 N–H and O–H groups in total. The van der Waals surface area contributed by atoms with Crippen molar-refractivity contribution in [3.05, 3.63) is 34.9 Å². The maximum Gasteiger partial charge on any atom is 0.244 e. The molecule has 1 aromatic rings. The first-order valence-corrected chi connectivity index (χ1v) is 6.49. The third-order valence-corrected chi connectivity index (χ3v) is 5.02. The van der Waals surface area contributed by atoms with Crippen molar-refractivity contribution in [1.82, 2.24) is 5.32 Å². The molecule has 2 aliphatic heterocycles. The molecule has 3 atom stereocenters. The Morgan fingerprint density at radius 1 is 1.29 bits per heavy atom. The van der Waals surface area contributed by atoms with Crippen LogP contribution in [0.5, 0.6) is 0 Å². The van der Waals surface area contributed by atoms with Gasteiger partial charge in [0.15, 0.2) is 0 Å². The van der Waals surface area contributed by atoms with Gasteiger partial charge in [-0.2, -0.15) is 0 Å². The highest BCUT2D eigenvalue weighted by Gasteiger charge is 2.64. The Kier molecular flexibility index (Phi) is 2.35. The molecule has 2 saturated heterocycles. The summed E-state index contributed by atoms with van der Waals surface area (Å²) in [5, 5.41) is 3.03. The predicted molar refractivity (Wildman–Crippen MR) is 67.1 cm³/mol. The Balaban J connectivity index is 2.01. The van der Waals surface area contributed by atoms with E-state index < -0.39 is 4.32 Å². The summed E-state index contributed by atoms with van der Waals surface area (Å²) < 4.78 is -0.626. The molecule has 3 aliphatic rings. The van der Waals surface area contributed by atoms with Crippen molar-refractivity contribution in [3.8, 4) is 0 Å². The molecule has 5 heteroatoms. The minimum absolute atomic E-state index is 0.0824. The van der Waals surface area contributed by atoms with Crippen molar-refractivity contribution in [2.75, 3.05) is 0 Å². The molecule has 1 aromatic carbocycles. The fourth-order valence-electron chi connectivity index (χ4n) is 2.68. The first kappa shape index (κ1) is 11.2. The minimum atomic E-state index is -0.626. The van der Waals surface area contributed by atoms with Crippen molar-refractivity contribution in [2.45, 2.75) is 16.7 Å². The molecule has 2 heterocycles. The Hall–Kier alpha value is -0.870. The first-order chi connectivity index (χ1) is 8.02. The highest BCUT2D eigenvalue weighted by Crippen LogP contribution is 2.58. The molecule has 2 amide bonds. The zero-order chi connectivity index (χ0) is 12.2. The zero-order valence-corrected chi connectivity index (χ0v) is 11.1. The van der Waals surface area contributed by atoms with E-state index in [9.17, 15) is 9.59 Å². The van der Waals surface area contributed by atoms with Crippen LogP contribution in [-0.2, 0) is 9.59 Å². The molecule has 17 heavy (non-hydrogen) atoms. The lowest BCUT2D eigenvalue weighted by atomic mass is 9.58. The Morgan fingerprint density at radius 3 is 2.53 bits per heavy atom. The van der Waals surface area contributed by atoms with E-state index in [1.165, 1.54) is 0 Å². The summed E-state index contributed by atoms with van der Waals surface area (Å²) >= 11 is 9.31. The SMILES string of the molecule is O=C1NC(=O)C2(Br)CC1C2c1ccc(Cl)cc1. The highest BCUT2D eigenvalue weighted by atomic mass is 79.9. The van der Waals surface area contributed by atoms with Gasteiger partial charge in [0.2, 0.25) is 11.8 Å². The number of nitrogens with one attached hydrogen (secondary N) is 1. The average molecular weight is 315 g/mol. The van der Waals surface area contributed by atoms with Crippen LogP contribution in [0.1, 0.15) is 17.9 Å². The van der Waals surface area contributed by atoms with E-state index in [1.807, 2.05) is 12.1 Å². The van der Waals surface area contributed by atoms with Crippen molar-refractivity contribution in [2.24, 2.45) is 5.92 Å². The minimum Gasteiger partial charge on any atom is -0.295 e. The number of hydrogen-bond donors (Lipinski definition) is 1. The van der Waals surface area contributed by atoms with Gasteiger partial charge in [0.25, 0.3) is 0 Å². The van der Waals surface area contributed by atoms with Gasteiger partial charge in [0.1, 0.15) is 4.32 Å². The van der Waals surface area contributed by atoms with Crippen LogP contribution in [-0.4, -0.2) is 16.1 Å². The van der Waals surface area contributed by atoms with Crippen LogP contribution in [0.2, 0.25) is 5.02 Å². The molecule has 3 unspecified atom stereocenters. The maximum absolute atomic E-state index is 11.8. The number of hydrogen-bond acceptors (Lipinski definition) is 2. The van der Waals surface area contributed by atoms with Gasteiger partial charge in [-0.05, 0) is 24.1 Å². The number of fused-ring (bicyclic) bond motifs is 2. The number of halogens is 2. The first-order valence-electron chi connectivity index (χ1n) is 5.32. The van der Waals surface area contributed by atoms with Crippen molar-refractivity contribution in [3.63, 3.8) is 0 Å². The number of piperidine rings is 2. The number of imide groups is 1. The van der Waals surface area contributed by atoms with Gasteiger partial charge in [-0.1, -0.05) is 39.7 Å². The highest BCUT2D eigenvalue weighted by molar-refractivity contribution is 9.10. The van der Waals surface area contributed by atoms with Gasteiger partial charge in [-0.3, -0.25) is 14.9 Å². The molecular weight excluding hydrogens is 305 g/mol. The summed E-state index contributed by atoms with van der Waals surface area (Å²) in [5.41, 5.74) is 0.978. The van der Waals surface area contributed by atoms with Crippen molar-refractivity contribution >= 4 is 39.3 Å². The topological polar surface area (TPSA) is 46.2 Å². The summed E-state index contributed by atoms with van der Waals surface area (Å²) in [5.74, 6) is -0.601. The quantitative estimate of drug-likeness (QED) is 0.638. The number of alkyl halides is 1. The van der Waals surface area contributed by atoms with Gasteiger partial charge in [-0.15, -0.1) is 0 Å². The van der Waals surface area contributed by atoms with Gasteiger partial charge in [-0.25, -0.2) is 0 Å². The number of carbonyl (C=O) groups excluding carboxylic acids is 2. The normalized spacial score (nSPS) is 35.2. The Labute approximate surface area is 112 Å². The molecule has 0 spiro atoms. The summed E-state index contributed by atoms with van der Waals surface area (Å²) in [4.78, 5) is 23.5. The number of rotatable bonds is 1. The third kappa shape index (κ3) is 1.47. The van der Waals surface area contributed by atoms with Crippen LogP contribution in [0.3, 0.4) is 0 Å². The van der Waals surface area contributed by atoms with E-state index >= 15 is 0 Å². The molecule has 1 aliphatic carbocycles. The Morgan fingerprint density at radius 2 is 1.94 bits per heavy atom. The molecule has 0 aromatic heterocycles. The third-order valence-electron chi connectivity index (χ3n) is 3.59. The molecule has 3 fully saturated rings. The van der Waals surface area contributed by atoms with E-state index in [0.717, 1.165) is 5.56 Å². The van der Waals surface area contributed by atoms with E-state index in [2.05, 4.69) is 21.2 Å². The lowest BCUT2D eigenvalue weighted by Gasteiger charge is -2.53. The summed E-state index contributed by atoms with van der Waals surface area (Å²) in [7, 11) is 0. The molecule has 3 nitrogen and oxygen atoms in total. The predicted octanol–water partition coefficient (Wildman–Crippen LogP) is 2.23. The lowest BCUT2D eigenvalue weighted by Crippen LogP contribution is -2.68. The zero-order valence-electron chi connectivity index (χ0n) is 8.74. The van der Waals surface area contributed by atoms with Gasteiger partial charge in [0.05, 0.1) is 0 Å². The molecule has 4 rings (SSSR count). The van der Waals surface area contributed by atoms with Crippen molar-refractivity contribution in [1.29, 1.82) is 0 Å². The summed E-state index contributed by atoms with van der Waals surface area (Å²) in [6.07, 6.45) is 0.574. The largest absolute Gasteiger partial charge is 0.295 e. The van der Waals surface area contributed by atoms with E-state index in [4.69, 9.17) is 11.6 Å². The number of benzene rings is 1. The standard InChI is InChI=1S/C12H9BrClNO2/c13-12-5-8(10(16)15-11(12)17)9(12)6-1-3-7(14)4-2-6/h1-4,8-9H,5H2,(H,15,16,17). The maximum atomic E-state index is 11.8. The molecule has 2 bridgehead atoms. The fourth-order valence-corrected chi connectivity index (χ4v) is 3.83. The molecular formula is C12H9BrClNO2. The van der Waals surface area contributed by atoms with Crippen LogP contribution in [0.25, 0.3) is 0 Å². The molecule has 1 saturated carbocycles. The smallest absolute Gasteiger partial charge is 0.244 e. The van der Waals surface area contributed by atoms with Crippen LogP contribution >= 0.6 is 27.5 Å². The van der Waals surface area contributed by atoms with E-state index in [1.54, 1.807) is 12.1 Å². The number of amides is 2. The van der Waals surface area contributed by atoms with Crippen LogP contribution in [0, 0.1) is 5.92 Å². The second-order valence-electron chi connectivity index (χ2n) is 4.52. The van der Waals surface area contributed by atoms with Gasteiger partial charge >= 0.3 is 0 Å². The van der Waals surface area contributed by atoms with Crippen molar-refractivity contribution < 1.29 is 9.59 Å². The monoisotopic (exact) mass is 313 g/mol. The summed E-state index contributed by atoms with van der Waals surface area (Å²) in [6, 6.07) is 7.31. The fraction of sp³-hybridized carbons (Fsp3) is 0.333. The molecule has 0 radical (unpaired) electrons.